The van der Waals surface area contributed by atoms with Crippen molar-refractivity contribution in [1.29, 1.82) is 0 Å². The monoisotopic (exact) mass is 344 g/mol. The Balaban J connectivity index is 1.64. The molecule has 1 saturated heterocycles. The summed E-state index contributed by atoms with van der Waals surface area (Å²) in [6, 6.07) is 0. The van der Waals surface area contributed by atoms with E-state index in [2.05, 4.69) is 6.58 Å². The number of ether oxygens (including phenoxy) is 2. The van der Waals surface area contributed by atoms with Crippen LogP contribution in [0.25, 0.3) is 0 Å². The molecule has 1 aliphatic heterocycles. The van der Waals surface area contributed by atoms with Crippen molar-refractivity contribution in [3.05, 3.63) is 12.2 Å². The minimum absolute atomic E-state index is 0.0811. The molecule has 5 heteroatoms. The second kappa shape index (κ2) is 3.68. The zero-order valence-corrected chi connectivity index (χ0v) is 14.7. The molecule has 1 unspecified atom stereocenters. The van der Waals surface area contributed by atoms with Crippen molar-refractivity contribution in [1.82, 2.24) is 0 Å². The average molecular weight is 344 g/mol. The lowest BCUT2D eigenvalue weighted by atomic mass is 9.55. The zero-order valence-electron chi connectivity index (χ0n) is 14.7. The predicted octanol–water partition coefficient (Wildman–Crippen LogP) is 1.83. The Kier molecular flexibility index (Phi) is 2.18. The Morgan fingerprint density at radius 3 is 2.84 bits per heavy atom. The molecule has 6 saturated carbocycles. The van der Waals surface area contributed by atoms with Crippen LogP contribution in [0.3, 0.4) is 0 Å². The van der Waals surface area contributed by atoms with Gasteiger partial charge in [-0.05, 0) is 44.9 Å². The number of carbonyl (C=O) groups is 2. The van der Waals surface area contributed by atoms with Gasteiger partial charge in [0.2, 0.25) is 0 Å². The van der Waals surface area contributed by atoms with Gasteiger partial charge in [-0.1, -0.05) is 12.2 Å². The van der Waals surface area contributed by atoms with Crippen molar-refractivity contribution in [2.24, 2.45) is 39.9 Å². The van der Waals surface area contributed by atoms with Crippen molar-refractivity contribution in [3.8, 4) is 0 Å². The van der Waals surface area contributed by atoms with Crippen LogP contribution in [0.2, 0.25) is 0 Å². The summed E-state index contributed by atoms with van der Waals surface area (Å²) in [5.41, 5.74) is -0.655. The molecule has 0 aromatic carbocycles. The Morgan fingerprint density at radius 2 is 2.12 bits per heavy atom. The number of aliphatic hydroxyl groups is 1. The number of methoxy groups -OCH3 is 1. The highest BCUT2D eigenvalue weighted by atomic mass is 16.6. The third kappa shape index (κ3) is 1.05. The van der Waals surface area contributed by atoms with E-state index in [0.717, 1.165) is 31.3 Å². The van der Waals surface area contributed by atoms with Gasteiger partial charge in [0.05, 0.1) is 24.5 Å². The van der Waals surface area contributed by atoms with E-state index in [4.69, 9.17) is 9.47 Å². The molecule has 7 rings (SSSR count). The summed E-state index contributed by atoms with van der Waals surface area (Å²) in [5.74, 6) is -0.509. The largest absolute Gasteiger partial charge is 0.469 e. The van der Waals surface area contributed by atoms with Gasteiger partial charge in [0.15, 0.2) is 0 Å². The van der Waals surface area contributed by atoms with Crippen molar-refractivity contribution >= 4 is 11.9 Å². The van der Waals surface area contributed by atoms with Crippen LogP contribution in [0.4, 0.5) is 0 Å². The Labute approximate surface area is 146 Å². The molecule has 6 aliphatic carbocycles. The maximum absolute atomic E-state index is 13.0. The van der Waals surface area contributed by atoms with E-state index in [9.17, 15) is 14.7 Å². The SMILES string of the molecule is C=C1C2[C@@]34C[C@@H](O)[C@@H]1C[C@@]23[C@@H](C(=O)OC)[C@@H]1[C@@]2(C)CCC[C@]14OC2=O. The summed E-state index contributed by atoms with van der Waals surface area (Å²) in [7, 11) is 1.45. The van der Waals surface area contributed by atoms with Gasteiger partial charge in [-0.3, -0.25) is 9.59 Å². The van der Waals surface area contributed by atoms with Crippen LogP contribution in [0.1, 0.15) is 39.0 Å². The van der Waals surface area contributed by atoms with E-state index >= 15 is 0 Å². The first kappa shape index (κ1) is 14.8. The first-order valence-corrected chi connectivity index (χ1v) is 9.50. The summed E-state index contributed by atoms with van der Waals surface area (Å²) in [4.78, 5) is 25.9. The molecule has 5 nitrogen and oxygen atoms in total. The van der Waals surface area contributed by atoms with Crippen molar-refractivity contribution in [2.45, 2.75) is 50.7 Å². The number of carbonyl (C=O) groups excluding carboxylic acids is 2. The standard InChI is InChI=1S/C20H24O5/c1-9-10-7-18-12(15(22)24-3)14-17(2)5-4-6-20(14,25-16(17)23)19(18,13(9)18)8-11(10)21/h10-14,21H,1,4-8H2,2-3H3/t10-,11-,12-,13?,14-,17-,18-,19+,20+/m1/s1. The highest BCUT2D eigenvalue weighted by Gasteiger charge is 3.01. The molecule has 9 atom stereocenters. The maximum atomic E-state index is 13.0. The van der Waals surface area contributed by atoms with E-state index in [1.807, 2.05) is 6.92 Å². The van der Waals surface area contributed by atoms with E-state index in [0.29, 0.717) is 6.42 Å². The lowest BCUT2D eigenvalue weighted by Crippen LogP contribution is -2.53. The van der Waals surface area contributed by atoms with Crippen LogP contribution in [-0.2, 0) is 19.1 Å². The molecular formula is C20H24O5. The molecule has 134 valence electrons. The van der Waals surface area contributed by atoms with Gasteiger partial charge in [0.25, 0.3) is 0 Å². The minimum Gasteiger partial charge on any atom is -0.469 e. The summed E-state index contributed by atoms with van der Waals surface area (Å²) in [6.45, 7) is 6.28. The van der Waals surface area contributed by atoms with Gasteiger partial charge in [0.1, 0.15) is 5.60 Å². The first-order valence-electron chi connectivity index (χ1n) is 9.50. The molecule has 7 aliphatic rings. The molecule has 1 heterocycles. The molecule has 0 amide bonds. The van der Waals surface area contributed by atoms with Gasteiger partial charge < -0.3 is 14.6 Å². The van der Waals surface area contributed by atoms with Crippen LogP contribution in [-0.4, -0.2) is 35.9 Å². The third-order valence-corrected chi connectivity index (χ3v) is 9.43. The van der Waals surface area contributed by atoms with Crippen molar-refractivity contribution < 1.29 is 24.2 Å². The van der Waals surface area contributed by atoms with Gasteiger partial charge in [-0.25, -0.2) is 0 Å². The van der Waals surface area contributed by atoms with Crippen LogP contribution < -0.4 is 0 Å². The van der Waals surface area contributed by atoms with E-state index in [1.54, 1.807) is 0 Å². The Bertz CT molecular complexity index is 772. The highest BCUT2D eigenvalue weighted by molar-refractivity contribution is 5.87. The second-order valence-electron chi connectivity index (χ2n) is 9.63. The predicted molar refractivity (Wildman–Crippen MR) is 86.0 cm³/mol. The summed E-state index contributed by atoms with van der Waals surface area (Å²) in [6.07, 6.45) is 3.50. The smallest absolute Gasteiger partial charge is 0.312 e. The second-order valence-corrected chi connectivity index (χ2v) is 9.63. The number of aliphatic hydroxyl groups excluding tert-OH is 1. The van der Waals surface area contributed by atoms with Crippen molar-refractivity contribution in [2.75, 3.05) is 7.11 Å². The minimum atomic E-state index is -0.615. The topological polar surface area (TPSA) is 72.8 Å². The van der Waals surface area contributed by atoms with Gasteiger partial charge in [0, 0.05) is 22.7 Å². The van der Waals surface area contributed by atoms with Crippen LogP contribution in [0.15, 0.2) is 12.2 Å². The molecule has 1 N–H and O–H groups in total. The lowest BCUT2D eigenvalue weighted by Gasteiger charge is -2.48. The lowest BCUT2D eigenvalue weighted by molar-refractivity contribution is -0.164. The Hall–Kier alpha value is -1.36. The number of rotatable bonds is 1. The molecule has 6 bridgehead atoms. The molecule has 0 aromatic heterocycles. The molecule has 0 radical (unpaired) electrons. The van der Waals surface area contributed by atoms with Gasteiger partial charge in [-0.2, -0.15) is 0 Å². The Morgan fingerprint density at radius 1 is 1.36 bits per heavy atom. The van der Waals surface area contributed by atoms with Crippen molar-refractivity contribution in [3.63, 3.8) is 0 Å². The fourth-order valence-electron chi connectivity index (χ4n) is 9.01. The molecule has 7 fully saturated rings. The fraction of sp³-hybridized carbons (Fsp3) is 0.800. The maximum Gasteiger partial charge on any atom is 0.312 e. The molecule has 25 heavy (non-hydrogen) atoms. The van der Waals surface area contributed by atoms with Gasteiger partial charge in [-0.15, -0.1) is 0 Å². The van der Waals surface area contributed by atoms with Crippen LogP contribution in [0.5, 0.6) is 0 Å². The molecule has 2 spiro atoms. The number of fused-ring (bicyclic) bond motifs is 1. The first-order chi connectivity index (χ1) is 11.8. The average Bonchev–Trinajstić information content (AvgIpc) is 2.92. The van der Waals surface area contributed by atoms with E-state index < -0.39 is 17.1 Å². The third-order valence-electron chi connectivity index (χ3n) is 9.43. The zero-order chi connectivity index (χ0) is 17.6. The normalized spacial score (nSPS) is 62.3. The molecule has 0 aromatic rings. The number of hydrogen-bond acceptors (Lipinski definition) is 5. The molecular weight excluding hydrogens is 320 g/mol. The van der Waals surface area contributed by atoms with Crippen LogP contribution in [0, 0.1) is 39.9 Å². The number of hydrogen-bond donors (Lipinski definition) is 1. The summed E-state index contributed by atoms with van der Waals surface area (Å²) < 4.78 is 11.5. The van der Waals surface area contributed by atoms with E-state index in [-0.39, 0.29) is 46.4 Å². The quantitative estimate of drug-likeness (QED) is 0.580. The summed E-state index contributed by atoms with van der Waals surface area (Å²) in [5, 5.41) is 10.7. The number of esters is 2. The van der Waals surface area contributed by atoms with E-state index in [1.165, 1.54) is 7.11 Å². The fourth-order valence-corrected chi connectivity index (χ4v) is 9.01. The van der Waals surface area contributed by atoms with Gasteiger partial charge >= 0.3 is 11.9 Å². The highest BCUT2D eigenvalue weighted by Crippen LogP contribution is 2.98. The summed E-state index contributed by atoms with van der Waals surface area (Å²) >= 11 is 0. The van der Waals surface area contributed by atoms with Crippen LogP contribution >= 0.6 is 0 Å².